The Morgan fingerprint density at radius 3 is 2.33 bits per heavy atom. The van der Waals surface area contributed by atoms with Crippen LogP contribution in [0.2, 0.25) is 0 Å². The van der Waals surface area contributed by atoms with Gasteiger partial charge in [-0.2, -0.15) is 5.23 Å². The molecule has 2 heterocycles. The van der Waals surface area contributed by atoms with Gasteiger partial charge in [0.05, 0.1) is 29.5 Å². The average Bonchev–Trinajstić information content (AvgIpc) is 3.19. The molecule has 1 aliphatic rings. The van der Waals surface area contributed by atoms with Crippen LogP contribution in [0.3, 0.4) is 0 Å². The summed E-state index contributed by atoms with van der Waals surface area (Å²) in [6, 6.07) is 15.7. The van der Waals surface area contributed by atoms with Crippen LogP contribution >= 0.6 is 0 Å². The Kier molecular flexibility index (Phi) is 5.00. The van der Waals surface area contributed by atoms with Gasteiger partial charge in [0.25, 0.3) is 5.91 Å². The lowest BCUT2D eigenvalue weighted by Crippen LogP contribution is -2.99. The molecule has 0 saturated carbocycles. The van der Waals surface area contributed by atoms with E-state index in [0.29, 0.717) is 11.4 Å². The first-order chi connectivity index (χ1) is 14.4. The summed E-state index contributed by atoms with van der Waals surface area (Å²) in [5.74, 6) is -1.44. The van der Waals surface area contributed by atoms with E-state index in [4.69, 9.17) is 5.21 Å². The van der Waals surface area contributed by atoms with E-state index in [9.17, 15) is 19.9 Å². The molecule has 3 aromatic rings. The van der Waals surface area contributed by atoms with Crippen LogP contribution in [0.4, 0.5) is 17.1 Å². The Hall–Kier alpha value is -3.66. The number of nitrogens with zero attached hydrogens (tertiary/aromatic N) is 3. The van der Waals surface area contributed by atoms with E-state index < -0.39 is 23.1 Å². The number of quaternary nitrogens is 1. The number of carboxylic acid groups (broad SMARTS) is 1. The van der Waals surface area contributed by atoms with Crippen molar-refractivity contribution < 1.29 is 25.1 Å². The van der Waals surface area contributed by atoms with Crippen LogP contribution in [-0.4, -0.2) is 33.9 Å². The molecule has 0 bridgehead atoms. The zero-order chi connectivity index (χ0) is 21.4. The van der Waals surface area contributed by atoms with Gasteiger partial charge in [-0.15, -0.1) is 0 Å². The van der Waals surface area contributed by atoms with E-state index in [0.717, 1.165) is 5.69 Å². The number of amides is 1. The Labute approximate surface area is 172 Å². The van der Waals surface area contributed by atoms with Crippen molar-refractivity contribution >= 4 is 28.9 Å². The smallest absolute Gasteiger partial charge is 0.305 e. The number of carboxylic acids is 1. The molecule has 4 rings (SSSR count). The van der Waals surface area contributed by atoms with E-state index >= 15 is 0 Å². The van der Waals surface area contributed by atoms with Crippen LogP contribution in [-0.2, 0) is 4.79 Å². The fourth-order valence-corrected chi connectivity index (χ4v) is 3.79. The first-order valence-electron chi connectivity index (χ1n) is 9.27. The number of benzene rings is 2. The molecule has 0 fully saturated rings. The highest BCUT2D eigenvalue weighted by Crippen LogP contribution is 2.41. The number of fused-ring (bicyclic) bond motifs is 2. The van der Waals surface area contributed by atoms with Crippen LogP contribution in [0.15, 0.2) is 66.9 Å². The molecule has 1 aromatic heterocycles. The van der Waals surface area contributed by atoms with Gasteiger partial charge in [0, 0.05) is 30.9 Å². The third kappa shape index (κ3) is 3.30. The fourth-order valence-electron chi connectivity index (χ4n) is 3.79. The van der Waals surface area contributed by atoms with Crippen molar-refractivity contribution in [1.29, 1.82) is 0 Å². The number of rotatable bonds is 4. The number of para-hydroxylation sites is 2. The normalized spacial score (nSPS) is 16.4. The van der Waals surface area contributed by atoms with E-state index in [1.54, 1.807) is 24.3 Å². The summed E-state index contributed by atoms with van der Waals surface area (Å²) in [7, 11) is 1.84. The number of carbonyl (C=O) groups excluding carboxylic acids is 1. The van der Waals surface area contributed by atoms with Crippen molar-refractivity contribution in [2.24, 2.45) is 0 Å². The van der Waals surface area contributed by atoms with Crippen molar-refractivity contribution in [2.75, 3.05) is 17.0 Å². The lowest BCUT2D eigenvalue weighted by molar-refractivity contribution is -0.991. The molecule has 2 aromatic carbocycles. The summed E-state index contributed by atoms with van der Waals surface area (Å²) in [5.41, 5.74) is 2.30. The van der Waals surface area contributed by atoms with Gasteiger partial charge in [-0.05, 0) is 36.4 Å². The minimum Gasteiger partial charge on any atom is -0.595 e. The van der Waals surface area contributed by atoms with Gasteiger partial charge in [-0.3, -0.25) is 24.2 Å². The maximum Gasteiger partial charge on any atom is 0.305 e. The zero-order valence-corrected chi connectivity index (χ0v) is 16.1. The predicted octanol–water partition coefficient (Wildman–Crippen LogP) is 1.97. The number of anilines is 2. The molecule has 1 amide bonds. The number of carbonyl (C=O) groups is 2. The molecular formula is C21H20N4O5. The SMILES string of the molecule is CN1c2ccccc2N(C(=O)c2ccc([NH+]([O-])O)cc2)C(CC(=O)O)c2cccn21. The summed E-state index contributed by atoms with van der Waals surface area (Å²) in [4.78, 5) is 26.8. The molecule has 154 valence electrons. The highest BCUT2D eigenvalue weighted by atomic mass is 16.8. The van der Waals surface area contributed by atoms with E-state index in [1.807, 2.05) is 35.1 Å². The predicted molar refractivity (Wildman–Crippen MR) is 109 cm³/mol. The first-order valence-corrected chi connectivity index (χ1v) is 9.27. The third-order valence-corrected chi connectivity index (χ3v) is 5.19. The second-order valence-electron chi connectivity index (χ2n) is 6.96. The van der Waals surface area contributed by atoms with Crippen LogP contribution in [0.25, 0.3) is 0 Å². The van der Waals surface area contributed by atoms with Gasteiger partial charge in [0.15, 0.2) is 5.69 Å². The van der Waals surface area contributed by atoms with Crippen molar-refractivity contribution in [1.82, 2.24) is 4.68 Å². The van der Waals surface area contributed by atoms with Crippen LogP contribution in [0, 0.1) is 5.21 Å². The van der Waals surface area contributed by atoms with Gasteiger partial charge in [0.1, 0.15) is 0 Å². The van der Waals surface area contributed by atoms with Gasteiger partial charge in [-0.1, -0.05) is 12.1 Å². The van der Waals surface area contributed by atoms with Crippen LogP contribution in [0.1, 0.15) is 28.5 Å². The summed E-state index contributed by atoms with van der Waals surface area (Å²) in [6.45, 7) is 0. The van der Waals surface area contributed by atoms with Gasteiger partial charge in [-0.25, -0.2) is 5.21 Å². The van der Waals surface area contributed by atoms with Gasteiger partial charge in [0.2, 0.25) is 0 Å². The highest BCUT2D eigenvalue weighted by molar-refractivity contribution is 6.09. The average molecular weight is 408 g/mol. The molecule has 0 aliphatic carbocycles. The molecule has 1 aliphatic heterocycles. The highest BCUT2D eigenvalue weighted by Gasteiger charge is 2.36. The van der Waals surface area contributed by atoms with Crippen molar-refractivity contribution in [2.45, 2.75) is 12.5 Å². The third-order valence-electron chi connectivity index (χ3n) is 5.19. The molecule has 0 radical (unpaired) electrons. The zero-order valence-electron chi connectivity index (χ0n) is 16.1. The molecule has 9 heteroatoms. The summed E-state index contributed by atoms with van der Waals surface area (Å²) in [6.07, 6.45) is 1.53. The lowest BCUT2D eigenvalue weighted by atomic mass is 10.0. The standard InChI is InChI=1S/C21H20N4O5/c1-22-16-5-2-3-6-18(16)24(19(13-20(26)27)17-7-4-12-23(17)22)21(28)14-8-10-15(11-9-14)25(29)30/h2-12,19,25,29H,13H2,1H3,(H,26,27). The van der Waals surface area contributed by atoms with E-state index in [1.165, 1.54) is 29.2 Å². The quantitative estimate of drug-likeness (QED) is 0.569. The summed E-state index contributed by atoms with van der Waals surface area (Å²) < 4.78 is 1.83. The Balaban J connectivity index is 1.88. The van der Waals surface area contributed by atoms with Crippen LogP contribution < -0.4 is 15.1 Å². The van der Waals surface area contributed by atoms with Gasteiger partial charge < -0.3 is 10.3 Å². The number of hydrogen-bond acceptors (Lipinski definition) is 5. The Bertz CT molecular complexity index is 1090. The minimum atomic E-state index is -1.09. The fraction of sp³-hybridized carbons (Fsp3) is 0.143. The molecule has 3 N–H and O–H groups in total. The van der Waals surface area contributed by atoms with E-state index in [-0.39, 0.29) is 17.7 Å². The summed E-state index contributed by atoms with van der Waals surface area (Å²) in [5, 5.41) is 30.6. The van der Waals surface area contributed by atoms with Crippen molar-refractivity contribution in [3.8, 4) is 0 Å². The largest absolute Gasteiger partial charge is 0.595 e. The van der Waals surface area contributed by atoms with Crippen LogP contribution in [0.5, 0.6) is 0 Å². The molecule has 9 nitrogen and oxygen atoms in total. The second-order valence-corrected chi connectivity index (χ2v) is 6.96. The topological polar surface area (TPSA) is 114 Å². The number of nitrogens with one attached hydrogen (secondary N) is 1. The lowest BCUT2D eigenvalue weighted by Gasteiger charge is -2.30. The Morgan fingerprint density at radius 2 is 1.70 bits per heavy atom. The first kappa shape index (κ1) is 19.6. The molecule has 0 spiro atoms. The number of aromatic nitrogens is 1. The molecule has 30 heavy (non-hydrogen) atoms. The number of hydrogen-bond donors (Lipinski definition) is 3. The maximum absolute atomic E-state index is 13.6. The van der Waals surface area contributed by atoms with Crippen molar-refractivity contribution in [3.63, 3.8) is 0 Å². The second kappa shape index (κ2) is 7.64. The monoisotopic (exact) mass is 408 g/mol. The number of aliphatic carboxylic acids is 1. The molecule has 0 saturated heterocycles. The maximum atomic E-state index is 13.6. The Morgan fingerprint density at radius 1 is 1.03 bits per heavy atom. The van der Waals surface area contributed by atoms with E-state index in [2.05, 4.69) is 0 Å². The minimum absolute atomic E-state index is 0.0681. The van der Waals surface area contributed by atoms with Crippen molar-refractivity contribution in [3.05, 3.63) is 83.3 Å². The van der Waals surface area contributed by atoms with Gasteiger partial charge >= 0.3 is 5.97 Å². The summed E-state index contributed by atoms with van der Waals surface area (Å²) >= 11 is 0. The molecular weight excluding hydrogens is 388 g/mol. The molecule has 2 atom stereocenters. The molecule has 2 unspecified atom stereocenters.